The number of pyridine rings is 1. The fourth-order valence-corrected chi connectivity index (χ4v) is 4.07. The van der Waals surface area contributed by atoms with Crippen LogP contribution in [0, 0.1) is 0 Å². The molecule has 6 nitrogen and oxygen atoms in total. The van der Waals surface area contributed by atoms with Gasteiger partial charge in [-0.05, 0) is 36.2 Å². The smallest absolute Gasteiger partial charge is 0.274 e. The maximum atomic E-state index is 13.5. The van der Waals surface area contributed by atoms with Crippen molar-refractivity contribution in [3.63, 3.8) is 0 Å². The average Bonchev–Trinajstić information content (AvgIpc) is 3.10. The highest BCUT2D eigenvalue weighted by atomic mass is 35.5. The molecule has 0 unspecified atom stereocenters. The van der Waals surface area contributed by atoms with Crippen molar-refractivity contribution in [1.29, 1.82) is 0 Å². The summed E-state index contributed by atoms with van der Waals surface area (Å²) in [4.78, 5) is 22.1. The van der Waals surface area contributed by atoms with Crippen LogP contribution in [-0.2, 0) is 19.5 Å². The highest BCUT2D eigenvalue weighted by molar-refractivity contribution is 6.30. The molecular weight excluding hydrogens is 388 g/mol. The molecule has 1 aliphatic rings. The van der Waals surface area contributed by atoms with E-state index in [1.165, 1.54) is 11.1 Å². The molecule has 0 saturated heterocycles. The third kappa shape index (κ3) is 4.01. The van der Waals surface area contributed by atoms with Crippen molar-refractivity contribution in [3.05, 3.63) is 70.1 Å². The average molecular weight is 413 g/mol. The van der Waals surface area contributed by atoms with E-state index in [1.54, 1.807) is 12.3 Å². The van der Waals surface area contributed by atoms with Crippen molar-refractivity contribution in [2.24, 2.45) is 0 Å². The first kappa shape index (κ1) is 19.9. The first-order valence-electron chi connectivity index (χ1n) is 9.96. The number of likely N-dealkylation sites (N-methyl/N-ethyl adjacent to an activating group) is 1. The van der Waals surface area contributed by atoms with E-state index in [9.17, 15) is 9.90 Å². The summed E-state index contributed by atoms with van der Waals surface area (Å²) in [6, 6.07) is 11.9. The molecule has 1 aliphatic heterocycles. The van der Waals surface area contributed by atoms with Crippen LogP contribution in [0.4, 0.5) is 0 Å². The molecule has 0 atom stereocenters. The molecule has 1 aromatic carbocycles. The molecule has 152 valence electrons. The number of aliphatic hydroxyl groups is 1. The van der Waals surface area contributed by atoms with E-state index in [-0.39, 0.29) is 12.5 Å². The van der Waals surface area contributed by atoms with Crippen LogP contribution in [0.25, 0.3) is 5.65 Å². The van der Waals surface area contributed by atoms with Gasteiger partial charge in [-0.15, -0.1) is 0 Å². The van der Waals surface area contributed by atoms with Crippen LogP contribution in [0.1, 0.15) is 34.2 Å². The van der Waals surface area contributed by atoms with Gasteiger partial charge in [0.1, 0.15) is 5.65 Å². The molecule has 1 N–H and O–H groups in total. The Bertz CT molecular complexity index is 1030. The minimum atomic E-state index is -0.0608. The number of aromatic nitrogens is 2. The van der Waals surface area contributed by atoms with E-state index in [2.05, 4.69) is 22.0 Å². The van der Waals surface area contributed by atoms with Gasteiger partial charge in [0.05, 0.1) is 17.3 Å². The summed E-state index contributed by atoms with van der Waals surface area (Å²) in [6.07, 6.45) is 2.65. The monoisotopic (exact) mass is 412 g/mol. The Balaban J connectivity index is 1.70. The standard InChI is InChI=1S/C22H25ClN4O2/c1-2-25(11-12-28)15-19-21(24-20-8-7-18(23)14-27(19)20)22(29)26-10-9-16-5-3-4-6-17(16)13-26/h3-8,14,28H,2,9-13,15H2,1H3. The molecule has 4 rings (SSSR count). The van der Waals surface area contributed by atoms with Gasteiger partial charge in [-0.3, -0.25) is 9.69 Å². The lowest BCUT2D eigenvalue weighted by molar-refractivity contribution is 0.0726. The van der Waals surface area contributed by atoms with Gasteiger partial charge in [-0.2, -0.15) is 0 Å². The number of carbonyl (C=O) groups is 1. The summed E-state index contributed by atoms with van der Waals surface area (Å²) in [5.74, 6) is -0.0608. The summed E-state index contributed by atoms with van der Waals surface area (Å²) in [5, 5.41) is 9.96. The number of rotatable bonds is 6. The summed E-state index contributed by atoms with van der Waals surface area (Å²) in [6.45, 7) is 5.19. The Morgan fingerprint density at radius 1 is 1.24 bits per heavy atom. The third-order valence-corrected chi connectivity index (χ3v) is 5.76. The van der Waals surface area contributed by atoms with Gasteiger partial charge < -0.3 is 14.4 Å². The van der Waals surface area contributed by atoms with Crippen molar-refractivity contribution in [2.75, 3.05) is 26.2 Å². The molecule has 0 radical (unpaired) electrons. The van der Waals surface area contributed by atoms with Gasteiger partial charge in [0.25, 0.3) is 5.91 Å². The van der Waals surface area contributed by atoms with E-state index in [0.29, 0.717) is 42.5 Å². The number of aliphatic hydroxyl groups excluding tert-OH is 1. The number of benzene rings is 1. The third-order valence-electron chi connectivity index (χ3n) is 5.54. The Kier molecular flexibility index (Phi) is 5.85. The molecule has 0 saturated carbocycles. The zero-order chi connectivity index (χ0) is 20.4. The van der Waals surface area contributed by atoms with E-state index in [1.807, 2.05) is 34.4 Å². The number of amides is 1. The fraction of sp³-hybridized carbons (Fsp3) is 0.364. The summed E-state index contributed by atoms with van der Waals surface area (Å²) in [5.41, 5.74) is 4.46. The second kappa shape index (κ2) is 8.53. The molecule has 0 spiro atoms. The van der Waals surface area contributed by atoms with Gasteiger partial charge in [0.2, 0.25) is 0 Å². The van der Waals surface area contributed by atoms with Crippen LogP contribution < -0.4 is 0 Å². The second-order valence-corrected chi connectivity index (χ2v) is 7.76. The molecule has 7 heteroatoms. The maximum absolute atomic E-state index is 13.5. The van der Waals surface area contributed by atoms with E-state index < -0.39 is 0 Å². The topological polar surface area (TPSA) is 61.1 Å². The lowest BCUT2D eigenvalue weighted by atomic mass is 9.99. The lowest BCUT2D eigenvalue weighted by Gasteiger charge is -2.29. The zero-order valence-corrected chi connectivity index (χ0v) is 17.3. The van der Waals surface area contributed by atoms with Crippen LogP contribution >= 0.6 is 11.6 Å². The van der Waals surface area contributed by atoms with E-state index in [0.717, 1.165) is 18.7 Å². The predicted molar refractivity (Wildman–Crippen MR) is 113 cm³/mol. The van der Waals surface area contributed by atoms with Crippen LogP contribution in [0.5, 0.6) is 0 Å². The van der Waals surface area contributed by atoms with Crippen molar-refractivity contribution in [2.45, 2.75) is 26.4 Å². The maximum Gasteiger partial charge on any atom is 0.274 e. The number of halogens is 1. The van der Waals surface area contributed by atoms with Crippen molar-refractivity contribution in [3.8, 4) is 0 Å². The van der Waals surface area contributed by atoms with Crippen molar-refractivity contribution >= 4 is 23.2 Å². The van der Waals surface area contributed by atoms with Gasteiger partial charge in [-0.25, -0.2) is 4.98 Å². The van der Waals surface area contributed by atoms with Crippen LogP contribution in [0.15, 0.2) is 42.6 Å². The van der Waals surface area contributed by atoms with Gasteiger partial charge in [0.15, 0.2) is 5.69 Å². The Labute approximate surface area is 175 Å². The molecule has 2 aromatic heterocycles. The first-order chi connectivity index (χ1) is 14.1. The molecule has 3 heterocycles. The number of nitrogens with zero attached hydrogens (tertiary/aromatic N) is 4. The minimum absolute atomic E-state index is 0.0608. The highest BCUT2D eigenvalue weighted by Gasteiger charge is 2.27. The predicted octanol–water partition coefficient (Wildman–Crippen LogP) is 3.00. The number of hydrogen-bond donors (Lipinski definition) is 1. The van der Waals surface area contributed by atoms with Crippen LogP contribution in [0.3, 0.4) is 0 Å². The molecular formula is C22H25ClN4O2. The van der Waals surface area contributed by atoms with Crippen molar-refractivity contribution < 1.29 is 9.90 Å². The zero-order valence-electron chi connectivity index (χ0n) is 16.5. The second-order valence-electron chi connectivity index (χ2n) is 7.32. The SMILES string of the molecule is CCN(CCO)Cc1c(C(=O)N2CCc3ccccc3C2)nc2ccc(Cl)cn12. The number of hydrogen-bond acceptors (Lipinski definition) is 4. The molecule has 1 amide bonds. The van der Waals surface area contributed by atoms with Crippen molar-refractivity contribution in [1.82, 2.24) is 19.2 Å². The Hall–Kier alpha value is -2.41. The lowest BCUT2D eigenvalue weighted by Crippen LogP contribution is -2.37. The molecule has 0 aliphatic carbocycles. The van der Waals surface area contributed by atoms with Crippen LogP contribution in [-0.4, -0.2) is 56.4 Å². The van der Waals surface area contributed by atoms with Gasteiger partial charge in [-0.1, -0.05) is 42.8 Å². The summed E-state index contributed by atoms with van der Waals surface area (Å²) < 4.78 is 1.90. The van der Waals surface area contributed by atoms with E-state index >= 15 is 0 Å². The molecule has 3 aromatic rings. The summed E-state index contributed by atoms with van der Waals surface area (Å²) in [7, 11) is 0. The normalized spacial score (nSPS) is 13.9. The minimum Gasteiger partial charge on any atom is -0.395 e. The fourth-order valence-electron chi connectivity index (χ4n) is 3.91. The largest absolute Gasteiger partial charge is 0.395 e. The van der Waals surface area contributed by atoms with Crippen LogP contribution in [0.2, 0.25) is 5.02 Å². The number of fused-ring (bicyclic) bond motifs is 2. The Morgan fingerprint density at radius 2 is 2.03 bits per heavy atom. The quantitative estimate of drug-likeness (QED) is 0.676. The Morgan fingerprint density at radius 3 is 2.79 bits per heavy atom. The van der Waals surface area contributed by atoms with Gasteiger partial charge in [0, 0.05) is 32.4 Å². The van der Waals surface area contributed by atoms with Gasteiger partial charge >= 0.3 is 0 Å². The van der Waals surface area contributed by atoms with E-state index in [4.69, 9.17) is 11.6 Å². The summed E-state index contributed by atoms with van der Waals surface area (Å²) >= 11 is 6.22. The molecule has 0 bridgehead atoms. The molecule has 29 heavy (non-hydrogen) atoms. The first-order valence-corrected chi connectivity index (χ1v) is 10.3. The number of imidazole rings is 1. The molecule has 0 fully saturated rings. The number of carbonyl (C=O) groups excluding carboxylic acids is 1. The highest BCUT2D eigenvalue weighted by Crippen LogP contribution is 2.24.